The Morgan fingerprint density at radius 3 is 2.60 bits per heavy atom. The molecule has 0 fully saturated rings. The van der Waals surface area contributed by atoms with Gasteiger partial charge in [-0.25, -0.2) is 0 Å². The van der Waals surface area contributed by atoms with Crippen LogP contribution in [0.15, 0.2) is 34.9 Å². The third kappa shape index (κ3) is 4.78. The molecular formula is C17H16ClN7O5. The van der Waals surface area contributed by atoms with Crippen molar-refractivity contribution < 1.29 is 19.0 Å². The fourth-order valence-corrected chi connectivity index (χ4v) is 2.65. The van der Waals surface area contributed by atoms with Crippen molar-refractivity contribution in [2.45, 2.75) is 13.5 Å². The maximum absolute atomic E-state index is 12.1. The number of halogens is 1. The molecule has 1 aromatic carbocycles. The maximum atomic E-state index is 12.1. The Bertz CT molecular complexity index is 1080. The molecule has 3 aromatic rings. The number of hydrogen-bond acceptors (Lipinski definition) is 8. The van der Waals surface area contributed by atoms with Crippen molar-refractivity contribution >= 4 is 29.2 Å². The monoisotopic (exact) mass is 433 g/mol. The quantitative estimate of drug-likeness (QED) is 0.306. The number of carbonyl (C=O) groups is 2. The van der Waals surface area contributed by atoms with Crippen LogP contribution in [0.1, 0.15) is 16.4 Å². The Hall–Kier alpha value is -3.80. The Labute approximate surface area is 174 Å². The number of nitro groups is 1. The van der Waals surface area contributed by atoms with Crippen LogP contribution in [-0.4, -0.2) is 49.7 Å². The molecule has 12 nitrogen and oxygen atoms in total. The SMILES string of the molecule is Cc1c(Cl)c([N+](=O)[O-])nn1CC(=O)NCCNC(=O)c1nc(-c2ccccc2)no1. The molecule has 0 spiro atoms. The van der Waals surface area contributed by atoms with Crippen LogP contribution in [0, 0.1) is 17.0 Å². The molecule has 0 saturated heterocycles. The zero-order chi connectivity index (χ0) is 21.7. The highest BCUT2D eigenvalue weighted by molar-refractivity contribution is 6.33. The zero-order valence-electron chi connectivity index (χ0n) is 15.7. The second-order valence-corrected chi connectivity index (χ2v) is 6.41. The third-order valence-electron chi connectivity index (χ3n) is 3.97. The van der Waals surface area contributed by atoms with E-state index < -0.39 is 22.6 Å². The van der Waals surface area contributed by atoms with Gasteiger partial charge in [0.1, 0.15) is 6.54 Å². The smallest absolute Gasteiger partial charge is 0.358 e. The van der Waals surface area contributed by atoms with Crippen molar-refractivity contribution in [2.75, 3.05) is 13.1 Å². The fraction of sp³-hybridized carbons (Fsp3) is 0.235. The van der Waals surface area contributed by atoms with Gasteiger partial charge in [0, 0.05) is 18.7 Å². The second-order valence-electron chi connectivity index (χ2n) is 6.03. The molecule has 2 amide bonds. The first-order valence-electron chi connectivity index (χ1n) is 8.68. The van der Waals surface area contributed by atoms with E-state index >= 15 is 0 Å². The van der Waals surface area contributed by atoms with Gasteiger partial charge in [0.05, 0.1) is 10.8 Å². The van der Waals surface area contributed by atoms with Crippen LogP contribution in [-0.2, 0) is 11.3 Å². The maximum Gasteiger partial charge on any atom is 0.408 e. The van der Waals surface area contributed by atoms with Gasteiger partial charge >= 0.3 is 17.6 Å². The van der Waals surface area contributed by atoms with Crippen LogP contribution in [0.2, 0.25) is 5.02 Å². The van der Waals surface area contributed by atoms with Gasteiger partial charge in [-0.3, -0.25) is 9.59 Å². The molecule has 0 unspecified atom stereocenters. The zero-order valence-corrected chi connectivity index (χ0v) is 16.4. The number of nitrogens with one attached hydrogen (secondary N) is 2. The lowest BCUT2D eigenvalue weighted by molar-refractivity contribution is -0.389. The molecule has 0 aliphatic carbocycles. The summed E-state index contributed by atoms with van der Waals surface area (Å²) in [6, 6.07) is 9.03. The summed E-state index contributed by atoms with van der Waals surface area (Å²) in [4.78, 5) is 38.2. The molecule has 0 atom stereocenters. The van der Waals surface area contributed by atoms with Gasteiger partial charge in [-0.1, -0.05) is 47.1 Å². The summed E-state index contributed by atoms with van der Waals surface area (Å²) < 4.78 is 6.08. The lowest BCUT2D eigenvalue weighted by atomic mass is 10.2. The number of benzene rings is 1. The highest BCUT2D eigenvalue weighted by atomic mass is 35.5. The van der Waals surface area contributed by atoms with Gasteiger partial charge in [0.2, 0.25) is 11.7 Å². The van der Waals surface area contributed by atoms with Gasteiger partial charge in [0.25, 0.3) is 0 Å². The molecule has 0 saturated carbocycles. The van der Waals surface area contributed by atoms with Gasteiger partial charge in [-0.2, -0.15) is 9.67 Å². The van der Waals surface area contributed by atoms with E-state index in [2.05, 4.69) is 25.9 Å². The lowest BCUT2D eigenvalue weighted by Gasteiger charge is -2.05. The van der Waals surface area contributed by atoms with E-state index in [1.807, 2.05) is 18.2 Å². The number of carbonyl (C=O) groups excluding carboxylic acids is 2. The average molecular weight is 434 g/mol. The minimum Gasteiger partial charge on any atom is -0.358 e. The molecule has 2 heterocycles. The number of rotatable bonds is 8. The van der Waals surface area contributed by atoms with Gasteiger partial charge in [-0.05, 0) is 11.8 Å². The molecule has 2 N–H and O–H groups in total. The highest BCUT2D eigenvalue weighted by Crippen LogP contribution is 2.26. The largest absolute Gasteiger partial charge is 0.408 e. The van der Waals surface area contributed by atoms with Gasteiger partial charge in [-0.15, -0.1) is 0 Å². The number of aromatic nitrogens is 4. The first kappa shape index (κ1) is 20.9. The number of hydrogen-bond donors (Lipinski definition) is 2. The normalized spacial score (nSPS) is 10.6. The molecule has 0 aliphatic rings. The predicted molar refractivity (Wildman–Crippen MR) is 104 cm³/mol. The molecule has 30 heavy (non-hydrogen) atoms. The summed E-state index contributed by atoms with van der Waals surface area (Å²) in [5.41, 5.74) is 1.01. The summed E-state index contributed by atoms with van der Waals surface area (Å²) >= 11 is 5.83. The number of nitrogens with zero attached hydrogens (tertiary/aromatic N) is 5. The summed E-state index contributed by atoms with van der Waals surface area (Å²) in [7, 11) is 0. The van der Waals surface area contributed by atoms with Crippen LogP contribution >= 0.6 is 11.6 Å². The highest BCUT2D eigenvalue weighted by Gasteiger charge is 2.25. The molecule has 13 heteroatoms. The van der Waals surface area contributed by atoms with Crippen LogP contribution in [0.5, 0.6) is 0 Å². The molecule has 156 valence electrons. The van der Waals surface area contributed by atoms with Crippen molar-refractivity contribution in [2.24, 2.45) is 0 Å². The van der Waals surface area contributed by atoms with Crippen molar-refractivity contribution in [1.82, 2.24) is 30.6 Å². The molecule has 0 bridgehead atoms. The predicted octanol–water partition coefficient (Wildman–Crippen LogP) is 1.35. The first-order chi connectivity index (χ1) is 14.4. The molecule has 3 rings (SSSR count). The van der Waals surface area contributed by atoms with E-state index in [-0.39, 0.29) is 36.4 Å². The van der Waals surface area contributed by atoms with Crippen molar-refractivity contribution in [1.29, 1.82) is 0 Å². The summed E-state index contributed by atoms with van der Waals surface area (Å²) in [5, 5.41) is 23.3. The Morgan fingerprint density at radius 1 is 1.23 bits per heavy atom. The minimum atomic E-state index is -0.722. The summed E-state index contributed by atoms with van der Waals surface area (Å²) in [6.45, 7) is 1.48. The Balaban J connectivity index is 1.45. The van der Waals surface area contributed by atoms with E-state index in [1.54, 1.807) is 12.1 Å². The van der Waals surface area contributed by atoms with E-state index in [4.69, 9.17) is 16.1 Å². The second kappa shape index (κ2) is 9.13. The van der Waals surface area contributed by atoms with Gasteiger partial charge < -0.3 is 25.3 Å². The van der Waals surface area contributed by atoms with Crippen molar-refractivity contribution in [3.05, 3.63) is 57.1 Å². The topological polar surface area (TPSA) is 158 Å². The van der Waals surface area contributed by atoms with Crippen LogP contribution in [0.4, 0.5) is 5.82 Å². The van der Waals surface area contributed by atoms with Crippen molar-refractivity contribution in [3.8, 4) is 11.4 Å². The number of amides is 2. The first-order valence-corrected chi connectivity index (χ1v) is 9.06. The van der Waals surface area contributed by atoms with Crippen LogP contribution in [0.25, 0.3) is 11.4 Å². The van der Waals surface area contributed by atoms with E-state index in [9.17, 15) is 19.7 Å². The lowest BCUT2D eigenvalue weighted by Crippen LogP contribution is -2.36. The Morgan fingerprint density at radius 2 is 1.93 bits per heavy atom. The van der Waals surface area contributed by atoms with Crippen LogP contribution < -0.4 is 10.6 Å². The molecular weight excluding hydrogens is 418 g/mol. The minimum absolute atomic E-state index is 0.104. The Kier molecular flexibility index (Phi) is 6.37. The van der Waals surface area contributed by atoms with Crippen molar-refractivity contribution in [3.63, 3.8) is 0 Å². The molecule has 2 aromatic heterocycles. The third-order valence-corrected chi connectivity index (χ3v) is 4.41. The van der Waals surface area contributed by atoms with E-state index in [1.165, 1.54) is 6.92 Å². The molecule has 0 radical (unpaired) electrons. The van der Waals surface area contributed by atoms with E-state index in [0.717, 1.165) is 4.68 Å². The summed E-state index contributed by atoms with van der Waals surface area (Å²) in [6.07, 6.45) is 0. The summed E-state index contributed by atoms with van der Waals surface area (Å²) in [5.74, 6) is -1.45. The van der Waals surface area contributed by atoms with Crippen LogP contribution in [0.3, 0.4) is 0 Å². The molecule has 0 aliphatic heterocycles. The average Bonchev–Trinajstić information content (AvgIpc) is 3.33. The fourth-order valence-electron chi connectivity index (χ4n) is 2.44. The van der Waals surface area contributed by atoms with E-state index in [0.29, 0.717) is 11.3 Å². The van der Waals surface area contributed by atoms with Gasteiger partial charge in [0.15, 0.2) is 5.02 Å². The standard InChI is InChI=1S/C17H16ClN7O5/c1-10-13(18)15(25(28)29)22-24(10)9-12(26)19-7-8-20-16(27)17-21-14(23-30-17)11-5-3-2-4-6-11/h2-6H,7-9H2,1H3,(H,19,26)(H,20,27).